The number of esters is 1. The van der Waals surface area contributed by atoms with Crippen molar-refractivity contribution in [2.75, 3.05) is 25.6 Å². The van der Waals surface area contributed by atoms with Gasteiger partial charge in [0, 0.05) is 7.05 Å². The minimum atomic E-state index is -0.391. The number of morpholine rings is 1. The van der Waals surface area contributed by atoms with Crippen LogP contribution in [-0.4, -0.2) is 36.9 Å². The number of nitrogens with one attached hydrogen (secondary N) is 1. The number of amidine groups is 1. The Morgan fingerprint density at radius 1 is 1.38 bits per heavy atom. The van der Waals surface area contributed by atoms with Gasteiger partial charge in [-0.05, 0) is 12.1 Å². The molecule has 0 atom stereocenters. The zero-order valence-corrected chi connectivity index (χ0v) is 9.01. The molecule has 1 aromatic carbocycles. The molecule has 16 heavy (non-hydrogen) atoms. The van der Waals surface area contributed by atoms with Crippen LogP contribution in [0.25, 0.3) is 0 Å². The van der Waals surface area contributed by atoms with Crippen molar-refractivity contribution in [3.05, 3.63) is 30.3 Å². The fourth-order valence-corrected chi connectivity index (χ4v) is 1.36. The highest BCUT2D eigenvalue weighted by Gasteiger charge is 2.23. The minimum Gasteiger partial charge on any atom is -0.458 e. The van der Waals surface area contributed by atoms with Gasteiger partial charge in [0.1, 0.15) is 6.61 Å². The van der Waals surface area contributed by atoms with E-state index in [0.29, 0.717) is 19.0 Å². The molecule has 0 bridgehead atoms. The summed E-state index contributed by atoms with van der Waals surface area (Å²) in [7, 11) is 1.81. The summed E-state index contributed by atoms with van der Waals surface area (Å²) < 4.78 is 4.90. The molecule has 1 aliphatic heterocycles. The number of anilines is 1. The molecular weight excluding hydrogens is 206 g/mol. The van der Waals surface area contributed by atoms with Gasteiger partial charge < -0.3 is 9.64 Å². The Bertz CT molecular complexity index is 403. The first kappa shape index (κ1) is 10.5. The van der Waals surface area contributed by atoms with Gasteiger partial charge >= 0.3 is 5.97 Å². The van der Waals surface area contributed by atoms with E-state index in [2.05, 4.69) is 10.5 Å². The summed E-state index contributed by atoms with van der Waals surface area (Å²) in [6, 6.07) is 9.45. The number of hydrogen-bond donors (Lipinski definition) is 1. The third-order valence-corrected chi connectivity index (χ3v) is 2.27. The van der Waals surface area contributed by atoms with E-state index in [1.807, 2.05) is 37.4 Å². The number of ether oxygens (including phenoxy) is 1. The highest BCUT2D eigenvalue weighted by Crippen LogP contribution is 2.06. The van der Waals surface area contributed by atoms with E-state index in [4.69, 9.17) is 4.74 Å². The quantitative estimate of drug-likeness (QED) is 0.593. The lowest BCUT2D eigenvalue weighted by Gasteiger charge is -2.24. The number of rotatable bonds is 2. The molecule has 0 aromatic heterocycles. The fourth-order valence-electron chi connectivity index (χ4n) is 1.36. The highest BCUT2D eigenvalue weighted by molar-refractivity contribution is 6.35. The van der Waals surface area contributed by atoms with E-state index >= 15 is 0 Å². The fraction of sp³-hybridized carbons (Fsp3) is 0.273. The molecule has 2 rings (SSSR count). The third kappa shape index (κ3) is 2.31. The van der Waals surface area contributed by atoms with Crippen LogP contribution in [0.2, 0.25) is 0 Å². The molecule has 1 fully saturated rings. The van der Waals surface area contributed by atoms with Crippen molar-refractivity contribution >= 4 is 17.5 Å². The molecule has 1 N–H and O–H groups in total. The van der Waals surface area contributed by atoms with Gasteiger partial charge in [0.15, 0.2) is 0 Å². The monoisotopic (exact) mass is 219 g/mol. The van der Waals surface area contributed by atoms with Crippen LogP contribution in [0.4, 0.5) is 5.69 Å². The van der Waals surface area contributed by atoms with Gasteiger partial charge in [-0.15, -0.1) is 5.10 Å². The molecule has 1 heterocycles. The maximum atomic E-state index is 11.4. The van der Waals surface area contributed by atoms with Crippen LogP contribution in [0.3, 0.4) is 0 Å². The number of para-hydroxylation sites is 1. The number of carbonyl (C=O) groups is 1. The molecule has 0 saturated carbocycles. The first-order valence-corrected chi connectivity index (χ1v) is 5.04. The maximum absolute atomic E-state index is 11.4. The largest absolute Gasteiger partial charge is 0.458 e. The van der Waals surface area contributed by atoms with Gasteiger partial charge in [-0.25, -0.2) is 4.79 Å². The number of hydrazone groups is 1. The van der Waals surface area contributed by atoms with Crippen molar-refractivity contribution in [2.45, 2.75) is 0 Å². The van der Waals surface area contributed by atoms with Gasteiger partial charge in [0.25, 0.3) is 0 Å². The molecular formula is C11H13N3O2. The van der Waals surface area contributed by atoms with E-state index in [1.54, 1.807) is 4.90 Å². The highest BCUT2D eigenvalue weighted by atomic mass is 16.5. The zero-order valence-electron chi connectivity index (χ0n) is 9.01. The summed E-state index contributed by atoms with van der Waals surface area (Å²) in [4.78, 5) is 13.2. The van der Waals surface area contributed by atoms with Crippen molar-refractivity contribution in [1.82, 2.24) is 4.90 Å². The lowest BCUT2D eigenvalue weighted by atomic mass is 10.3. The van der Waals surface area contributed by atoms with E-state index in [0.717, 1.165) is 5.69 Å². The van der Waals surface area contributed by atoms with E-state index in [9.17, 15) is 4.79 Å². The molecule has 1 aliphatic rings. The Morgan fingerprint density at radius 2 is 2.12 bits per heavy atom. The number of cyclic esters (lactones) is 1. The predicted molar refractivity (Wildman–Crippen MR) is 61.1 cm³/mol. The summed E-state index contributed by atoms with van der Waals surface area (Å²) in [6.07, 6.45) is 0. The second-order valence-electron chi connectivity index (χ2n) is 3.47. The molecule has 0 unspecified atom stereocenters. The molecule has 84 valence electrons. The van der Waals surface area contributed by atoms with Gasteiger partial charge in [0.2, 0.25) is 5.84 Å². The molecule has 0 amide bonds. The Kier molecular flexibility index (Phi) is 3.05. The predicted octanol–water partition coefficient (Wildman–Crippen LogP) is 0.901. The molecule has 5 nitrogen and oxygen atoms in total. The molecule has 0 spiro atoms. The van der Waals surface area contributed by atoms with Crippen LogP contribution < -0.4 is 5.43 Å². The average Bonchev–Trinajstić information content (AvgIpc) is 2.30. The molecule has 1 saturated heterocycles. The van der Waals surface area contributed by atoms with Crippen LogP contribution in [0.1, 0.15) is 0 Å². The number of nitrogens with zero attached hydrogens (tertiary/aromatic N) is 2. The van der Waals surface area contributed by atoms with Crippen LogP contribution in [0.5, 0.6) is 0 Å². The first-order valence-electron chi connectivity index (χ1n) is 5.04. The van der Waals surface area contributed by atoms with Gasteiger partial charge in [-0.2, -0.15) is 0 Å². The van der Waals surface area contributed by atoms with Crippen LogP contribution in [-0.2, 0) is 9.53 Å². The van der Waals surface area contributed by atoms with Crippen LogP contribution in [0.15, 0.2) is 35.4 Å². The summed E-state index contributed by atoms with van der Waals surface area (Å²) in [5.41, 5.74) is 3.66. The Hall–Kier alpha value is -2.04. The van der Waals surface area contributed by atoms with Crippen molar-refractivity contribution in [3.8, 4) is 0 Å². The lowest BCUT2D eigenvalue weighted by molar-refractivity contribution is -0.138. The first-order chi connectivity index (χ1) is 7.77. The summed E-state index contributed by atoms with van der Waals surface area (Å²) in [5.74, 6) is -0.0905. The van der Waals surface area contributed by atoms with Gasteiger partial charge in [-0.1, -0.05) is 18.2 Å². The van der Waals surface area contributed by atoms with E-state index in [-0.39, 0.29) is 0 Å². The SMILES string of the molecule is CN1CCOC(=O)/C1=N/Nc1ccccc1. The maximum Gasteiger partial charge on any atom is 0.376 e. The number of hydrogen-bond acceptors (Lipinski definition) is 4. The molecule has 0 radical (unpaired) electrons. The van der Waals surface area contributed by atoms with E-state index in [1.165, 1.54) is 0 Å². The second-order valence-corrected chi connectivity index (χ2v) is 3.47. The van der Waals surface area contributed by atoms with Gasteiger partial charge in [-0.3, -0.25) is 5.43 Å². The molecule has 5 heteroatoms. The smallest absolute Gasteiger partial charge is 0.376 e. The second kappa shape index (κ2) is 4.65. The topological polar surface area (TPSA) is 53.9 Å². The summed E-state index contributed by atoms with van der Waals surface area (Å²) >= 11 is 0. The Balaban J connectivity index is 2.08. The van der Waals surface area contributed by atoms with E-state index < -0.39 is 5.97 Å². The van der Waals surface area contributed by atoms with Gasteiger partial charge in [0.05, 0.1) is 12.2 Å². The van der Waals surface area contributed by atoms with Crippen molar-refractivity contribution in [1.29, 1.82) is 0 Å². The molecule has 1 aromatic rings. The average molecular weight is 219 g/mol. The number of carbonyl (C=O) groups excluding carboxylic acids is 1. The zero-order chi connectivity index (χ0) is 11.4. The Labute approximate surface area is 93.7 Å². The number of likely N-dealkylation sites (N-methyl/N-ethyl adjacent to an activating group) is 1. The van der Waals surface area contributed by atoms with Crippen molar-refractivity contribution < 1.29 is 9.53 Å². The molecule has 0 aliphatic carbocycles. The lowest BCUT2D eigenvalue weighted by Crippen LogP contribution is -2.43. The standard InChI is InChI=1S/C11H13N3O2/c1-14-7-8-16-11(15)10(14)13-12-9-5-3-2-4-6-9/h2-6,12H,7-8H2,1H3/b13-10-. The van der Waals surface area contributed by atoms with Crippen molar-refractivity contribution in [3.63, 3.8) is 0 Å². The Morgan fingerprint density at radius 3 is 2.81 bits per heavy atom. The summed E-state index contributed by atoms with van der Waals surface area (Å²) in [5, 5.41) is 4.03. The third-order valence-electron chi connectivity index (χ3n) is 2.27. The number of benzene rings is 1. The minimum absolute atomic E-state index is 0.301. The summed E-state index contributed by atoms with van der Waals surface area (Å²) in [6.45, 7) is 1.08. The van der Waals surface area contributed by atoms with Crippen LogP contribution in [0, 0.1) is 0 Å². The van der Waals surface area contributed by atoms with Crippen molar-refractivity contribution in [2.24, 2.45) is 5.10 Å². The van der Waals surface area contributed by atoms with Crippen LogP contribution >= 0.6 is 0 Å². The normalized spacial score (nSPS) is 18.4.